The quantitative estimate of drug-likeness (QED) is 0.385. The Morgan fingerprint density at radius 1 is 0.833 bits per heavy atom. The molecule has 4 nitrogen and oxygen atoms in total. The molecule has 5 heteroatoms. The lowest BCUT2D eigenvalue weighted by Gasteiger charge is -2.17. The number of pyridine rings is 1. The Bertz CT molecular complexity index is 1150. The molecular weight excluding hydrogens is 392 g/mol. The number of carboxylic acid groups (broad SMARTS) is 1. The van der Waals surface area contributed by atoms with Gasteiger partial charge in [-0.1, -0.05) is 103 Å². The van der Waals surface area contributed by atoms with Crippen LogP contribution in [-0.4, -0.2) is 16.1 Å². The van der Waals surface area contributed by atoms with Gasteiger partial charge in [-0.15, -0.1) is 0 Å². The molecule has 0 amide bonds. The zero-order chi connectivity index (χ0) is 20.9. The zero-order valence-electron chi connectivity index (χ0n) is 16.1. The SMILES string of the molecule is Nc1c(-c2ccccc2)cc(-c2ccccc2)nc1SC(C(=O)O)c1ccccc1. The first-order valence-corrected chi connectivity index (χ1v) is 10.4. The highest BCUT2D eigenvalue weighted by Crippen LogP contribution is 2.42. The first-order valence-electron chi connectivity index (χ1n) is 9.49. The van der Waals surface area contributed by atoms with E-state index in [-0.39, 0.29) is 0 Å². The van der Waals surface area contributed by atoms with Crippen molar-refractivity contribution in [2.75, 3.05) is 5.73 Å². The Kier molecular flexibility index (Phi) is 5.82. The van der Waals surface area contributed by atoms with E-state index in [1.165, 1.54) is 0 Å². The summed E-state index contributed by atoms with van der Waals surface area (Å²) in [5, 5.41) is 9.56. The van der Waals surface area contributed by atoms with Gasteiger partial charge < -0.3 is 10.8 Å². The van der Waals surface area contributed by atoms with Gasteiger partial charge in [-0.2, -0.15) is 0 Å². The third kappa shape index (κ3) is 4.21. The zero-order valence-corrected chi connectivity index (χ0v) is 16.9. The van der Waals surface area contributed by atoms with E-state index in [9.17, 15) is 9.90 Å². The van der Waals surface area contributed by atoms with Crippen molar-refractivity contribution in [1.29, 1.82) is 0 Å². The van der Waals surface area contributed by atoms with Crippen LogP contribution in [0.25, 0.3) is 22.4 Å². The van der Waals surface area contributed by atoms with E-state index in [4.69, 9.17) is 10.7 Å². The third-order valence-electron chi connectivity index (χ3n) is 4.73. The molecule has 4 rings (SSSR count). The smallest absolute Gasteiger partial charge is 0.321 e. The maximum absolute atomic E-state index is 12.0. The van der Waals surface area contributed by atoms with E-state index >= 15 is 0 Å². The molecule has 0 saturated carbocycles. The summed E-state index contributed by atoms with van der Waals surface area (Å²) in [6, 6.07) is 30.7. The molecule has 0 fully saturated rings. The highest BCUT2D eigenvalue weighted by molar-refractivity contribution is 8.00. The fourth-order valence-electron chi connectivity index (χ4n) is 3.24. The predicted octanol–water partition coefficient (Wildman–Crippen LogP) is 5.92. The van der Waals surface area contributed by atoms with Crippen LogP contribution in [0.2, 0.25) is 0 Å². The third-order valence-corrected chi connectivity index (χ3v) is 5.98. The van der Waals surface area contributed by atoms with Crippen molar-refractivity contribution in [2.24, 2.45) is 0 Å². The van der Waals surface area contributed by atoms with Gasteiger partial charge in [0.2, 0.25) is 0 Å². The van der Waals surface area contributed by atoms with Crippen molar-refractivity contribution in [1.82, 2.24) is 4.98 Å². The summed E-state index contributed by atoms with van der Waals surface area (Å²) in [5.74, 6) is -0.932. The molecule has 0 aliphatic heterocycles. The lowest BCUT2D eigenvalue weighted by Crippen LogP contribution is -2.09. The van der Waals surface area contributed by atoms with Crippen LogP contribution in [0.15, 0.2) is 102 Å². The molecule has 30 heavy (non-hydrogen) atoms. The van der Waals surface area contributed by atoms with Gasteiger partial charge in [-0.05, 0) is 17.2 Å². The Morgan fingerprint density at radius 2 is 1.37 bits per heavy atom. The van der Waals surface area contributed by atoms with Gasteiger partial charge in [-0.3, -0.25) is 4.79 Å². The molecule has 3 N–H and O–H groups in total. The van der Waals surface area contributed by atoms with Gasteiger partial charge in [0, 0.05) is 11.1 Å². The largest absolute Gasteiger partial charge is 0.480 e. The number of rotatable bonds is 6. The Morgan fingerprint density at radius 3 is 1.93 bits per heavy atom. The summed E-state index contributed by atoms with van der Waals surface area (Å²) in [4.78, 5) is 16.8. The highest BCUT2D eigenvalue weighted by Gasteiger charge is 2.24. The number of carbonyl (C=O) groups is 1. The number of hydrogen-bond acceptors (Lipinski definition) is 4. The predicted molar refractivity (Wildman–Crippen MR) is 122 cm³/mol. The molecule has 148 valence electrons. The molecule has 1 unspecified atom stereocenters. The molecular formula is C25H20N2O2S. The first-order chi connectivity index (χ1) is 14.6. The van der Waals surface area contributed by atoms with Crippen molar-refractivity contribution in [2.45, 2.75) is 10.3 Å². The fourth-order valence-corrected chi connectivity index (χ4v) is 4.24. The second kappa shape index (κ2) is 8.84. The van der Waals surface area contributed by atoms with Crippen molar-refractivity contribution in [3.63, 3.8) is 0 Å². The number of hydrogen-bond donors (Lipinski definition) is 2. The summed E-state index contributed by atoms with van der Waals surface area (Å²) >= 11 is 1.16. The molecule has 0 aliphatic carbocycles. The normalized spacial score (nSPS) is 11.7. The maximum atomic E-state index is 12.0. The number of thioether (sulfide) groups is 1. The number of nitrogens with zero attached hydrogens (tertiary/aromatic N) is 1. The summed E-state index contributed by atoms with van der Waals surface area (Å²) < 4.78 is 0. The van der Waals surface area contributed by atoms with E-state index in [0.717, 1.165) is 34.1 Å². The number of nitrogen functional groups attached to an aromatic ring is 1. The molecule has 1 heterocycles. The number of nitrogens with two attached hydrogens (primary N) is 1. The first kappa shape index (κ1) is 19.7. The number of carboxylic acids is 1. The van der Waals surface area contributed by atoms with Crippen LogP contribution in [0, 0.1) is 0 Å². The number of aromatic nitrogens is 1. The molecule has 3 aromatic carbocycles. The van der Waals surface area contributed by atoms with Crippen LogP contribution >= 0.6 is 11.8 Å². The monoisotopic (exact) mass is 412 g/mol. The number of benzene rings is 3. The van der Waals surface area contributed by atoms with Gasteiger partial charge in [0.05, 0.1) is 11.4 Å². The van der Waals surface area contributed by atoms with Gasteiger partial charge in [0.25, 0.3) is 0 Å². The maximum Gasteiger partial charge on any atom is 0.321 e. The highest BCUT2D eigenvalue weighted by atomic mass is 32.2. The minimum absolute atomic E-state index is 0.480. The van der Waals surface area contributed by atoms with Crippen LogP contribution in [0.5, 0.6) is 0 Å². The molecule has 0 saturated heterocycles. The molecule has 1 atom stereocenters. The summed E-state index contributed by atoms with van der Waals surface area (Å²) in [6.45, 7) is 0. The van der Waals surface area contributed by atoms with Crippen molar-refractivity contribution in [3.8, 4) is 22.4 Å². The summed E-state index contributed by atoms with van der Waals surface area (Å²) in [5.41, 5.74) is 11.2. The Hall–Kier alpha value is -3.57. The second-order valence-corrected chi connectivity index (χ2v) is 7.85. The summed E-state index contributed by atoms with van der Waals surface area (Å²) in [6.07, 6.45) is 0. The van der Waals surface area contributed by atoms with Crippen LogP contribution in [0.1, 0.15) is 10.8 Å². The van der Waals surface area contributed by atoms with Gasteiger partial charge in [0.1, 0.15) is 10.3 Å². The van der Waals surface area contributed by atoms with Crippen molar-refractivity contribution >= 4 is 23.4 Å². The summed E-state index contributed by atoms with van der Waals surface area (Å²) in [7, 11) is 0. The van der Waals surface area contributed by atoms with Gasteiger partial charge in [-0.25, -0.2) is 4.98 Å². The molecule has 4 aromatic rings. The Balaban J connectivity index is 1.85. The lowest BCUT2D eigenvalue weighted by atomic mass is 10.0. The lowest BCUT2D eigenvalue weighted by molar-refractivity contribution is -0.136. The van der Waals surface area contributed by atoms with Crippen molar-refractivity contribution < 1.29 is 9.90 Å². The van der Waals surface area contributed by atoms with E-state index in [2.05, 4.69) is 0 Å². The van der Waals surface area contributed by atoms with Gasteiger partial charge in [0.15, 0.2) is 0 Å². The average Bonchev–Trinajstić information content (AvgIpc) is 2.80. The van der Waals surface area contributed by atoms with Crippen LogP contribution in [0.3, 0.4) is 0 Å². The molecule has 0 spiro atoms. The van der Waals surface area contributed by atoms with Crippen LogP contribution < -0.4 is 5.73 Å². The minimum Gasteiger partial charge on any atom is -0.480 e. The van der Waals surface area contributed by atoms with Crippen LogP contribution in [-0.2, 0) is 4.79 Å². The van der Waals surface area contributed by atoms with E-state index in [1.807, 2.05) is 84.9 Å². The minimum atomic E-state index is -0.932. The molecule has 0 radical (unpaired) electrons. The Labute approximate surface area is 179 Å². The number of aliphatic carboxylic acids is 1. The van der Waals surface area contributed by atoms with Crippen LogP contribution in [0.4, 0.5) is 5.69 Å². The van der Waals surface area contributed by atoms with E-state index < -0.39 is 11.2 Å². The van der Waals surface area contributed by atoms with E-state index in [1.54, 1.807) is 12.1 Å². The average molecular weight is 413 g/mol. The molecule has 0 bridgehead atoms. The second-order valence-electron chi connectivity index (χ2n) is 6.75. The topological polar surface area (TPSA) is 76.2 Å². The molecule has 1 aromatic heterocycles. The fraction of sp³-hybridized carbons (Fsp3) is 0.0400. The van der Waals surface area contributed by atoms with Crippen molar-refractivity contribution in [3.05, 3.63) is 103 Å². The molecule has 0 aliphatic rings. The standard InChI is InChI=1S/C25H20N2O2S/c26-22-20(17-10-4-1-5-11-17)16-21(18-12-6-2-7-13-18)27-24(22)30-23(25(28)29)19-14-8-3-9-15-19/h1-16,23H,26H2,(H,28,29). The van der Waals surface area contributed by atoms with Gasteiger partial charge >= 0.3 is 5.97 Å². The van der Waals surface area contributed by atoms with E-state index in [0.29, 0.717) is 16.3 Å². The number of anilines is 1.